The summed E-state index contributed by atoms with van der Waals surface area (Å²) in [5.74, 6) is -0.531. The molecular formula is C23H23N3O4S. The first-order valence-electron chi connectivity index (χ1n) is 9.67. The second-order valence-electron chi connectivity index (χ2n) is 6.87. The number of anilines is 2. The largest absolute Gasteiger partial charge is 0.352 e. The number of carbonyl (C=O) groups is 2. The van der Waals surface area contributed by atoms with E-state index in [1.165, 1.54) is 18.2 Å². The van der Waals surface area contributed by atoms with Crippen LogP contribution in [-0.2, 0) is 14.8 Å². The zero-order valence-electron chi connectivity index (χ0n) is 17.0. The van der Waals surface area contributed by atoms with Gasteiger partial charge in [-0.1, -0.05) is 42.5 Å². The van der Waals surface area contributed by atoms with Crippen LogP contribution in [0.5, 0.6) is 0 Å². The summed E-state index contributed by atoms with van der Waals surface area (Å²) in [5.41, 5.74) is 2.21. The number of amides is 2. The van der Waals surface area contributed by atoms with Crippen molar-refractivity contribution in [3.63, 3.8) is 0 Å². The van der Waals surface area contributed by atoms with E-state index in [9.17, 15) is 18.0 Å². The highest BCUT2D eigenvalue weighted by molar-refractivity contribution is 7.92. The van der Waals surface area contributed by atoms with Crippen molar-refractivity contribution in [2.45, 2.75) is 18.2 Å². The molecule has 0 bridgehead atoms. The minimum Gasteiger partial charge on any atom is -0.352 e. The SMILES string of the molecule is Cc1ccccc1C(=O)NCCC(=O)Nc1cccc(NS(=O)(=O)c2ccccc2)c1. The first-order chi connectivity index (χ1) is 14.8. The molecule has 3 rings (SSSR count). The Balaban J connectivity index is 1.54. The summed E-state index contributed by atoms with van der Waals surface area (Å²) >= 11 is 0. The minimum atomic E-state index is -3.72. The van der Waals surface area contributed by atoms with Crippen molar-refractivity contribution >= 4 is 33.2 Å². The highest BCUT2D eigenvalue weighted by Gasteiger charge is 2.14. The van der Waals surface area contributed by atoms with Gasteiger partial charge in [-0.15, -0.1) is 0 Å². The Labute approximate surface area is 181 Å². The molecule has 0 heterocycles. The van der Waals surface area contributed by atoms with Crippen LogP contribution in [0.3, 0.4) is 0 Å². The Morgan fingerprint density at radius 2 is 1.52 bits per heavy atom. The van der Waals surface area contributed by atoms with Crippen LogP contribution in [0.15, 0.2) is 83.8 Å². The predicted molar refractivity (Wildman–Crippen MR) is 120 cm³/mol. The topological polar surface area (TPSA) is 104 Å². The van der Waals surface area contributed by atoms with E-state index in [-0.39, 0.29) is 29.7 Å². The molecule has 0 fully saturated rings. The summed E-state index contributed by atoms with van der Waals surface area (Å²) < 4.78 is 27.4. The first-order valence-corrected chi connectivity index (χ1v) is 11.1. The van der Waals surface area contributed by atoms with Crippen molar-refractivity contribution in [1.29, 1.82) is 0 Å². The van der Waals surface area contributed by atoms with Crippen LogP contribution in [0.2, 0.25) is 0 Å². The molecule has 0 saturated carbocycles. The number of hydrogen-bond acceptors (Lipinski definition) is 4. The molecular weight excluding hydrogens is 414 g/mol. The van der Waals surface area contributed by atoms with Gasteiger partial charge in [0.1, 0.15) is 0 Å². The second kappa shape index (κ2) is 9.90. The number of carbonyl (C=O) groups excluding carboxylic acids is 2. The fraction of sp³-hybridized carbons (Fsp3) is 0.130. The summed E-state index contributed by atoms with van der Waals surface area (Å²) in [5, 5.41) is 5.43. The Hall–Kier alpha value is -3.65. The lowest BCUT2D eigenvalue weighted by Gasteiger charge is -2.11. The number of hydrogen-bond donors (Lipinski definition) is 3. The third-order valence-electron chi connectivity index (χ3n) is 4.48. The first kappa shape index (κ1) is 22.0. The quantitative estimate of drug-likeness (QED) is 0.501. The van der Waals surface area contributed by atoms with Gasteiger partial charge >= 0.3 is 0 Å². The van der Waals surface area contributed by atoms with Gasteiger partial charge < -0.3 is 10.6 Å². The molecule has 0 spiro atoms. The Morgan fingerprint density at radius 1 is 0.839 bits per heavy atom. The summed E-state index contributed by atoms with van der Waals surface area (Å²) in [6.45, 7) is 2.03. The zero-order valence-corrected chi connectivity index (χ0v) is 17.8. The van der Waals surface area contributed by atoms with Gasteiger partial charge in [0.25, 0.3) is 15.9 Å². The van der Waals surface area contributed by atoms with Gasteiger partial charge in [0, 0.05) is 24.2 Å². The van der Waals surface area contributed by atoms with E-state index in [4.69, 9.17) is 0 Å². The van der Waals surface area contributed by atoms with E-state index in [0.717, 1.165) is 5.56 Å². The van der Waals surface area contributed by atoms with Crippen LogP contribution in [0.4, 0.5) is 11.4 Å². The molecule has 3 N–H and O–H groups in total. The highest BCUT2D eigenvalue weighted by atomic mass is 32.2. The smallest absolute Gasteiger partial charge is 0.261 e. The molecule has 8 heteroatoms. The maximum absolute atomic E-state index is 12.4. The molecule has 0 aromatic heterocycles. The standard InChI is InChI=1S/C23H23N3O4S/c1-17-8-5-6-13-21(17)23(28)24-15-14-22(27)25-18-9-7-10-19(16-18)26-31(29,30)20-11-3-2-4-12-20/h2-13,16,26H,14-15H2,1H3,(H,24,28)(H,25,27). The van der Waals surface area contributed by atoms with Gasteiger partial charge in [0.15, 0.2) is 0 Å². The summed E-state index contributed by atoms with van der Waals surface area (Å²) in [6.07, 6.45) is 0.0809. The highest BCUT2D eigenvalue weighted by Crippen LogP contribution is 2.19. The van der Waals surface area contributed by atoms with Crippen molar-refractivity contribution in [2.75, 3.05) is 16.6 Å². The second-order valence-corrected chi connectivity index (χ2v) is 8.55. The van der Waals surface area contributed by atoms with Gasteiger partial charge in [-0.25, -0.2) is 8.42 Å². The zero-order chi connectivity index (χ0) is 22.3. The van der Waals surface area contributed by atoms with E-state index in [2.05, 4.69) is 15.4 Å². The Morgan fingerprint density at radius 3 is 2.26 bits per heavy atom. The number of aryl methyl sites for hydroxylation is 1. The lowest BCUT2D eigenvalue weighted by atomic mass is 10.1. The molecule has 31 heavy (non-hydrogen) atoms. The van der Waals surface area contributed by atoms with Crippen molar-refractivity contribution in [3.8, 4) is 0 Å². The predicted octanol–water partition coefficient (Wildman–Crippen LogP) is 3.55. The van der Waals surface area contributed by atoms with Gasteiger partial charge in [-0.05, 0) is 48.9 Å². The monoisotopic (exact) mass is 437 g/mol. The fourth-order valence-electron chi connectivity index (χ4n) is 2.91. The molecule has 7 nitrogen and oxygen atoms in total. The van der Waals surface area contributed by atoms with Gasteiger partial charge in [-0.3, -0.25) is 14.3 Å². The number of benzene rings is 3. The maximum atomic E-state index is 12.4. The number of sulfonamides is 1. The van der Waals surface area contributed by atoms with Gasteiger partial charge in [0.05, 0.1) is 10.6 Å². The van der Waals surface area contributed by atoms with Crippen molar-refractivity contribution in [1.82, 2.24) is 5.32 Å². The molecule has 3 aromatic rings. The minimum absolute atomic E-state index is 0.0809. The van der Waals surface area contributed by atoms with Crippen LogP contribution in [0.1, 0.15) is 22.3 Å². The number of rotatable bonds is 8. The molecule has 0 radical (unpaired) electrons. The lowest BCUT2D eigenvalue weighted by molar-refractivity contribution is -0.116. The van der Waals surface area contributed by atoms with Crippen LogP contribution >= 0.6 is 0 Å². The fourth-order valence-corrected chi connectivity index (χ4v) is 3.98. The summed E-state index contributed by atoms with van der Waals surface area (Å²) in [4.78, 5) is 24.6. The molecule has 2 amide bonds. The molecule has 0 atom stereocenters. The van der Waals surface area contributed by atoms with E-state index >= 15 is 0 Å². The molecule has 160 valence electrons. The molecule has 0 saturated heterocycles. The van der Waals surface area contributed by atoms with E-state index in [1.54, 1.807) is 48.5 Å². The molecule has 0 unspecified atom stereocenters. The van der Waals surface area contributed by atoms with Gasteiger partial charge in [-0.2, -0.15) is 0 Å². The molecule has 0 aliphatic rings. The third kappa shape index (κ3) is 6.16. The molecule has 0 aliphatic carbocycles. The average molecular weight is 438 g/mol. The molecule has 0 aliphatic heterocycles. The van der Waals surface area contributed by atoms with Crippen molar-refractivity contribution in [2.24, 2.45) is 0 Å². The summed E-state index contributed by atoms with van der Waals surface area (Å²) in [6, 6.07) is 21.7. The Kier molecular flexibility index (Phi) is 7.04. The van der Waals surface area contributed by atoms with Crippen molar-refractivity contribution in [3.05, 3.63) is 90.0 Å². The molecule has 3 aromatic carbocycles. The Bertz CT molecular complexity index is 1180. The van der Waals surface area contributed by atoms with Crippen LogP contribution < -0.4 is 15.4 Å². The van der Waals surface area contributed by atoms with E-state index < -0.39 is 10.0 Å². The van der Waals surface area contributed by atoms with Crippen LogP contribution in [0.25, 0.3) is 0 Å². The van der Waals surface area contributed by atoms with Gasteiger partial charge in [0.2, 0.25) is 5.91 Å². The van der Waals surface area contributed by atoms with E-state index in [0.29, 0.717) is 16.9 Å². The van der Waals surface area contributed by atoms with Crippen LogP contribution in [0, 0.1) is 6.92 Å². The van der Waals surface area contributed by atoms with E-state index in [1.807, 2.05) is 19.1 Å². The lowest BCUT2D eigenvalue weighted by Crippen LogP contribution is -2.28. The van der Waals surface area contributed by atoms with Crippen LogP contribution in [-0.4, -0.2) is 26.8 Å². The van der Waals surface area contributed by atoms with Crippen molar-refractivity contribution < 1.29 is 18.0 Å². The maximum Gasteiger partial charge on any atom is 0.261 e. The summed E-state index contributed by atoms with van der Waals surface area (Å²) in [7, 11) is -3.72. The average Bonchev–Trinajstić information content (AvgIpc) is 2.74. The number of nitrogens with one attached hydrogen (secondary N) is 3. The third-order valence-corrected chi connectivity index (χ3v) is 5.88. The normalized spacial score (nSPS) is 10.9.